The van der Waals surface area contributed by atoms with E-state index in [9.17, 15) is 5.11 Å². The van der Waals surface area contributed by atoms with Crippen molar-refractivity contribution in [2.45, 2.75) is 45.9 Å². The Hall–Kier alpha value is -2.67. The number of phenolic OH excluding ortho intramolecular Hbond substituents is 1. The van der Waals surface area contributed by atoms with Crippen molar-refractivity contribution >= 4 is 0 Å². The van der Waals surface area contributed by atoms with Crippen molar-refractivity contribution in [1.82, 2.24) is 25.1 Å². The smallest absolute Gasteiger partial charge is 0.165 e. The first-order valence-corrected chi connectivity index (χ1v) is 8.53. The molecule has 132 valence electrons. The number of aromatic nitrogens is 4. The number of unbranched alkanes of at least 4 members (excludes halogenated alkanes) is 1. The van der Waals surface area contributed by atoms with Crippen molar-refractivity contribution in [3.05, 3.63) is 59.8 Å². The minimum atomic E-state index is 0.289. The van der Waals surface area contributed by atoms with E-state index in [0.717, 1.165) is 36.5 Å². The van der Waals surface area contributed by atoms with Gasteiger partial charge in [-0.1, -0.05) is 31.5 Å². The van der Waals surface area contributed by atoms with Crippen LogP contribution in [-0.2, 0) is 26.2 Å². The Bertz CT molecular complexity index is 769. The number of aryl methyl sites for hydroxylation is 1. The van der Waals surface area contributed by atoms with Crippen molar-refractivity contribution in [3.8, 4) is 5.75 Å². The first-order valence-electron chi connectivity index (χ1n) is 8.53. The Morgan fingerprint density at radius 3 is 2.76 bits per heavy atom. The van der Waals surface area contributed by atoms with Gasteiger partial charge in [0.05, 0.1) is 19.4 Å². The van der Waals surface area contributed by atoms with Crippen LogP contribution in [0.15, 0.2) is 47.1 Å². The van der Waals surface area contributed by atoms with Crippen molar-refractivity contribution in [2.24, 2.45) is 0 Å². The number of para-hydroxylation sites is 1. The second-order valence-corrected chi connectivity index (χ2v) is 6.03. The summed E-state index contributed by atoms with van der Waals surface area (Å²) < 4.78 is 7.33. The number of hydrogen-bond acceptors (Lipinski definition) is 6. The predicted molar refractivity (Wildman–Crippen MR) is 92.5 cm³/mol. The van der Waals surface area contributed by atoms with Crippen LogP contribution in [0.4, 0.5) is 0 Å². The second kappa shape index (κ2) is 8.43. The molecule has 0 aliphatic heterocycles. The highest BCUT2D eigenvalue weighted by Crippen LogP contribution is 2.20. The van der Waals surface area contributed by atoms with Crippen molar-refractivity contribution in [2.75, 3.05) is 0 Å². The number of nitrogens with zero attached hydrogens (tertiary/aromatic N) is 5. The quantitative estimate of drug-likeness (QED) is 0.644. The highest BCUT2D eigenvalue weighted by molar-refractivity contribution is 5.31. The van der Waals surface area contributed by atoms with E-state index in [2.05, 4.69) is 27.3 Å². The Morgan fingerprint density at radius 2 is 2.00 bits per heavy atom. The van der Waals surface area contributed by atoms with E-state index < -0.39 is 0 Å². The first kappa shape index (κ1) is 17.2. The average molecular weight is 341 g/mol. The minimum absolute atomic E-state index is 0.289. The average Bonchev–Trinajstić information content (AvgIpc) is 3.27. The largest absolute Gasteiger partial charge is 0.508 e. The van der Waals surface area contributed by atoms with E-state index in [4.69, 9.17) is 4.42 Å². The number of furan rings is 1. The third kappa shape index (κ3) is 4.67. The zero-order chi connectivity index (χ0) is 17.5. The molecule has 0 radical (unpaired) electrons. The molecule has 0 aliphatic carbocycles. The molecular weight excluding hydrogens is 318 g/mol. The van der Waals surface area contributed by atoms with Gasteiger partial charge in [0.25, 0.3) is 0 Å². The maximum atomic E-state index is 10.1. The maximum Gasteiger partial charge on any atom is 0.165 e. The van der Waals surface area contributed by atoms with Crippen molar-refractivity contribution in [1.29, 1.82) is 0 Å². The van der Waals surface area contributed by atoms with Gasteiger partial charge in [0.1, 0.15) is 11.5 Å². The molecule has 0 bridgehead atoms. The van der Waals surface area contributed by atoms with E-state index in [0.29, 0.717) is 19.6 Å². The Labute approximate surface area is 146 Å². The van der Waals surface area contributed by atoms with Gasteiger partial charge in [-0.25, -0.2) is 4.68 Å². The summed E-state index contributed by atoms with van der Waals surface area (Å²) in [7, 11) is 0. The van der Waals surface area contributed by atoms with Crippen LogP contribution in [0, 0.1) is 0 Å². The lowest BCUT2D eigenvalue weighted by atomic mass is 10.2. The summed E-state index contributed by atoms with van der Waals surface area (Å²) in [6.07, 6.45) is 3.79. The molecule has 25 heavy (non-hydrogen) atoms. The molecule has 0 fully saturated rings. The van der Waals surface area contributed by atoms with Gasteiger partial charge in [-0.15, -0.1) is 5.10 Å². The maximum absolute atomic E-state index is 10.1. The van der Waals surface area contributed by atoms with Gasteiger partial charge in [0.15, 0.2) is 5.82 Å². The van der Waals surface area contributed by atoms with Crippen molar-refractivity contribution in [3.63, 3.8) is 0 Å². The lowest BCUT2D eigenvalue weighted by molar-refractivity contribution is 0.214. The van der Waals surface area contributed by atoms with Gasteiger partial charge in [-0.05, 0) is 35.0 Å². The second-order valence-electron chi connectivity index (χ2n) is 6.03. The molecule has 1 aromatic carbocycles. The molecule has 7 nitrogen and oxygen atoms in total. The predicted octanol–water partition coefficient (Wildman–Crippen LogP) is 2.97. The molecule has 0 saturated heterocycles. The summed E-state index contributed by atoms with van der Waals surface area (Å²) >= 11 is 0. The zero-order valence-corrected chi connectivity index (χ0v) is 14.4. The summed E-state index contributed by atoms with van der Waals surface area (Å²) in [6.45, 7) is 4.72. The molecular formula is C18H23N5O2. The zero-order valence-electron chi connectivity index (χ0n) is 14.4. The van der Waals surface area contributed by atoms with Gasteiger partial charge < -0.3 is 9.52 Å². The number of rotatable bonds is 9. The van der Waals surface area contributed by atoms with Crippen LogP contribution in [0.1, 0.15) is 36.9 Å². The Balaban J connectivity index is 1.76. The topological polar surface area (TPSA) is 80.2 Å². The first-order chi connectivity index (χ1) is 12.3. The summed E-state index contributed by atoms with van der Waals surface area (Å²) in [5, 5.41) is 22.2. The lowest BCUT2D eigenvalue weighted by Gasteiger charge is -2.21. The molecule has 2 heterocycles. The molecule has 0 spiro atoms. The third-order valence-electron chi connectivity index (χ3n) is 4.04. The molecule has 0 atom stereocenters. The molecule has 3 aromatic rings. The SMILES string of the molecule is CCCCn1nnnc1CN(Cc1ccco1)Cc1ccccc1O. The monoisotopic (exact) mass is 341 g/mol. The molecule has 1 N–H and O–H groups in total. The summed E-state index contributed by atoms with van der Waals surface area (Å²) in [4.78, 5) is 2.15. The number of tetrazole rings is 1. The summed E-state index contributed by atoms with van der Waals surface area (Å²) in [6, 6.07) is 11.2. The normalized spacial score (nSPS) is 11.3. The van der Waals surface area contributed by atoms with E-state index in [1.165, 1.54) is 0 Å². The van der Waals surface area contributed by atoms with Crippen LogP contribution in [0.3, 0.4) is 0 Å². The highest BCUT2D eigenvalue weighted by atomic mass is 16.3. The van der Waals surface area contributed by atoms with Gasteiger partial charge in [-0.3, -0.25) is 4.90 Å². The van der Waals surface area contributed by atoms with Gasteiger partial charge in [0, 0.05) is 18.7 Å². The number of aromatic hydroxyl groups is 1. The van der Waals surface area contributed by atoms with Crippen LogP contribution >= 0.6 is 0 Å². The van der Waals surface area contributed by atoms with Crippen LogP contribution in [-0.4, -0.2) is 30.2 Å². The van der Waals surface area contributed by atoms with Gasteiger partial charge in [0.2, 0.25) is 0 Å². The number of hydrogen-bond donors (Lipinski definition) is 1. The van der Waals surface area contributed by atoms with Crippen LogP contribution in [0.25, 0.3) is 0 Å². The minimum Gasteiger partial charge on any atom is -0.508 e. The molecule has 0 unspecified atom stereocenters. The third-order valence-corrected chi connectivity index (χ3v) is 4.04. The number of phenols is 1. The summed E-state index contributed by atoms with van der Waals surface area (Å²) in [5.74, 6) is 1.97. The van der Waals surface area contributed by atoms with Crippen molar-refractivity contribution < 1.29 is 9.52 Å². The standard InChI is InChI=1S/C18H23N5O2/c1-2-3-10-23-18(19-20-21-23)14-22(13-16-8-6-11-25-16)12-15-7-4-5-9-17(15)24/h4-9,11,24H,2-3,10,12-14H2,1H3. The fourth-order valence-electron chi connectivity index (χ4n) is 2.69. The van der Waals surface area contributed by atoms with E-state index in [-0.39, 0.29) is 5.75 Å². The fourth-order valence-corrected chi connectivity index (χ4v) is 2.69. The summed E-state index contributed by atoms with van der Waals surface area (Å²) in [5.41, 5.74) is 0.863. The van der Waals surface area contributed by atoms with E-state index in [1.54, 1.807) is 12.3 Å². The molecule has 0 aliphatic rings. The molecule has 0 amide bonds. The van der Waals surface area contributed by atoms with Crippen LogP contribution in [0.5, 0.6) is 5.75 Å². The molecule has 0 saturated carbocycles. The Morgan fingerprint density at radius 1 is 1.12 bits per heavy atom. The molecule has 2 aromatic heterocycles. The molecule has 7 heteroatoms. The fraction of sp³-hybridized carbons (Fsp3) is 0.389. The van der Waals surface area contributed by atoms with Crippen LogP contribution in [0.2, 0.25) is 0 Å². The number of benzene rings is 1. The van der Waals surface area contributed by atoms with E-state index in [1.807, 2.05) is 35.0 Å². The highest BCUT2D eigenvalue weighted by Gasteiger charge is 2.16. The molecule has 3 rings (SSSR count). The van der Waals surface area contributed by atoms with Crippen LogP contribution < -0.4 is 0 Å². The Kier molecular flexibility index (Phi) is 5.79. The van der Waals surface area contributed by atoms with Gasteiger partial charge in [-0.2, -0.15) is 0 Å². The lowest BCUT2D eigenvalue weighted by Crippen LogP contribution is -2.24. The van der Waals surface area contributed by atoms with Gasteiger partial charge >= 0.3 is 0 Å². The van der Waals surface area contributed by atoms with E-state index >= 15 is 0 Å².